The van der Waals surface area contributed by atoms with Gasteiger partial charge in [-0.3, -0.25) is 14.2 Å². The van der Waals surface area contributed by atoms with Crippen LogP contribution >= 0.6 is 12.2 Å². The number of aromatic amines is 1. The number of carbonyl (C=O) groups excluding carboxylic acids is 1. The number of nitrogens with zero attached hydrogens (tertiary/aromatic N) is 3. The van der Waals surface area contributed by atoms with Crippen LogP contribution in [0.25, 0.3) is 11.2 Å². The Balaban J connectivity index is 1.56. The molecule has 5 atom stereocenters. The number of anilines is 1. The lowest BCUT2D eigenvalue weighted by atomic mass is 10.1. The topological polar surface area (TPSA) is 221 Å². The summed E-state index contributed by atoms with van der Waals surface area (Å²) in [5.74, 6) is 9.31. The SMILES string of the molecule is NC(CCC(=O)O)C(=O)NCC#CC#CCNc1nc(=S)c2ncn([C@@H]3O[C@H](CO)[C@H](O)C3O)c2[nH]1. The van der Waals surface area contributed by atoms with E-state index in [1.165, 1.54) is 10.9 Å². The highest BCUT2D eigenvalue weighted by atomic mass is 32.1. The van der Waals surface area contributed by atoms with Crippen molar-refractivity contribution in [1.29, 1.82) is 0 Å². The fourth-order valence-electron chi connectivity index (χ4n) is 3.30. The molecule has 2 aromatic heterocycles. The molecular formula is C21H25N7O7S. The van der Waals surface area contributed by atoms with Crippen LogP contribution in [0.4, 0.5) is 5.95 Å². The van der Waals surface area contributed by atoms with Crippen LogP contribution in [0.5, 0.6) is 0 Å². The minimum Gasteiger partial charge on any atom is -0.481 e. The van der Waals surface area contributed by atoms with Gasteiger partial charge in [-0.05, 0) is 18.3 Å². The number of carboxylic acid groups (broad SMARTS) is 1. The number of hydrogen-bond acceptors (Lipinski definition) is 11. The number of nitrogens with one attached hydrogen (secondary N) is 3. The number of ether oxygens (including phenoxy) is 1. The first-order valence-electron chi connectivity index (χ1n) is 10.8. The lowest BCUT2D eigenvalue weighted by Crippen LogP contribution is -2.40. The third-order valence-electron chi connectivity index (χ3n) is 5.18. The molecule has 1 fully saturated rings. The van der Waals surface area contributed by atoms with Gasteiger partial charge in [0.05, 0.1) is 32.1 Å². The Morgan fingerprint density at radius 1 is 1.28 bits per heavy atom. The number of aliphatic hydroxyl groups is 3. The molecule has 1 aliphatic heterocycles. The van der Waals surface area contributed by atoms with Gasteiger partial charge in [0, 0.05) is 6.42 Å². The molecular weight excluding hydrogens is 494 g/mol. The largest absolute Gasteiger partial charge is 0.481 e. The van der Waals surface area contributed by atoms with E-state index in [1.807, 2.05) is 0 Å². The number of nitrogens with two attached hydrogens (primary N) is 1. The summed E-state index contributed by atoms with van der Waals surface area (Å²) in [6.07, 6.45) is -3.27. The summed E-state index contributed by atoms with van der Waals surface area (Å²) in [5, 5.41) is 43.7. The highest BCUT2D eigenvalue weighted by Crippen LogP contribution is 2.31. The second kappa shape index (κ2) is 12.4. The van der Waals surface area contributed by atoms with Crippen molar-refractivity contribution in [2.24, 2.45) is 5.73 Å². The summed E-state index contributed by atoms with van der Waals surface area (Å²) in [6, 6.07) is -0.922. The highest BCUT2D eigenvalue weighted by molar-refractivity contribution is 7.71. The van der Waals surface area contributed by atoms with E-state index >= 15 is 0 Å². The van der Waals surface area contributed by atoms with Crippen molar-refractivity contribution in [3.63, 3.8) is 0 Å². The molecule has 3 heterocycles. The second-order valence-corrected chi connectivity index (χ2v) is 8.07. The fraction of sp³-hybridized carbons (Fsp3) is 0.476. The molecule has 0 bridgehead atoms. The van der Waals surface area contributed by atoms with E-state index < -0.39 is 49.1 Å². The molecule has 36 heavy (non-hydrogen) atoms. The van der Waals surface area contributed by atoms with Crippen LogP contribution in [0.1, 0.15) is 19.1 Å². The van der Waals surface area contributed by atoms with Crippen molar-refractivity contribution in [3.05, 3.63) is 11.0 Å². The van der Waals surface area contributed by atoms with E-state index in [-0.39, 0.29) is 36.5 Å². The Morgan fingerprint density at radius 2 is 2.00 bits per heavy atom. The Labute approximate surface area is 209 Å². The van der Waals surface area contributed by atoms with Crippen LogP contribution in [-0.2, 0) is 14.3 Å². The Hall–Kier alpha value is -3.57. The fourth-order valence-corrected chi connectivity index (χ4v) is 3.54. The third-order valence-corrected chi connectivity index (χ3v) is 5.46. The van der Waals surface area contributed by atoms with Crippen LogP contribution in [0, 0.1) is 28.3 Å². The molecule has 14 nitrogen and oxygen atoms in total. The number of aliphatic carboxylic acids is 1. The van der Waals surface area contributed by atoms with Crippen molar-refractivity contribution in [3.8, 4) is 23.7 Å². The van der Waals surface area contributed by atoms with Gasteiger partial charge in [-0.2, -0.15) is 0 Å². The number of carbonyl (C=O) groups is 2. The average Bonchev–Trinajstić information content (AvgIpc) is 3.39. The summed E-state index contributed by atoms with van der Waals surface area (Å²) >= 11 is 5.28. The predicted octanol–water partition coefficient (Wildman–Crippen LogP) is -2.17. The van der Waals surface area contributed by atoms with Crippen molar-refractivity contribution in [2.45, 2.75) is 43.4 Å². The molecule has 1 saturated heterocycles. The average molecular weight is 520 g/mol. The van der Waals surface area contributed by atoms with E-state index in [2.05, 4.69) is 49.3 Å². The number of amides is 1. The molecule has 0 radical (unpaired) electrons. The molecule has 3 rings (SSSR count). The number of H-pyrrole nitrogens is 1. The molecule has 1 aliphatic rings. The van der Waals surface area contributed by atoms with Gasteiger partial charge in [0.1, 0.15) is 29.5 Å². The van der Waals surface area contributed by atoms with Crippen molar-refractivity contribution < 1.29 is 34.8 Å². The predicted molar refractivity (Wildman–Crippen MR) is 128 cm³/mol. The third kappa shape index (κ3) is 6.55. The van der Waals surface area contributed by atoms with E-state index in [1.54, 1.807) is 0 Å². The smallest absolute Gasteiger partial charge is 0.303 e. The number of imidazole rings is 1. The van der Waals surface area contributed by atoms with Crippen LogP contribution in [0.3, 0.4) is 0 Å². The maximum Gasteiger partial charge on any atom is 0.303 e. The first-order chi connectivity index (χ1) is 17.2. The maximum atomic E-state index is 11.7. The Bertz CT molecular complexity index is 1290. The number of hydrogen-bond donors (Lipinski definition) is 8. The molecule has 15 heteroatoms. The molecule has 2 unspecified atom stereocenters. The zero-order valence-corrected chi connectivity index (χ0v) is 19.7. The number of carboxylic acids is 1. The normalized spacial score (nSPS) is 21.7. The summed E-state index contributed by atoms with van der Waals surface area (Å²) in [5.41, 5.74) is 6.33. The molecule has 0 saturated carbocycles. The van der Waals surface area contributed by atoms with Gasteiger partial charge < -0.3 is 46.5 Å². The number of rotatable bonds is 9. The number of aromatic nitrogens is 4. The van der Waals surface area contributed by atoms with E-state index in [9.17, 15) is 24.9 Å². The lowest BCUT2D eigenvalue weighted by molar-refractivity contribution is -0.137. The first-order valence-corrected chi connectivity index (χ1v) is 11.2. The van der Waals surface area contributed by atoms with Gasteiger partial charge in [0.15, 0.2) is 10.9 Å². The quantitative estimate of drug-likeness (QED) is 0.131. The van der Waals surface area contributed by atoms with Crippen LogP contribution in [0.15, 0.2) is 6.33 Å². The summed E-state index contributed by atoms with van der Waals surface area (Å²) < 4.78 is 7.19. The molecule has 2 aromatic rings. The van der Waals surface area contributed by atoms with Gasteiger partial charge in [-0.15, -0.1) is 0 Å². The molecule has 0 aromatic carbocycles. The molecule has 0 aliphatic carbocycles. The van der Waals surface area contributed by atoms with Gasteiger partial charge >= 0.3 is 5.97 Å². The van der Waals surface area contributed by atoms with Crippen LogP contribution in [0.2, 0.25) is 0 Å². The first kappa shape index (κ1) is 27.0. The van der Waals surface area contributed by atoms with Gasteiger partial charge in [-0.1, -0.05) is 24.1 Å². The minimum atomic E-state index is -1.29. The van der Waals surface area contributed by atoms with E-state index in [4.69, 9.17) is 27.8 Å². The second-order valence-electron chi connectivity index (χ2n) is 7.68. The maximum absolute atomic E-state index is 11.7. The number of aliphatic hydroxyl groups excluding tert-OH is 3. The zero-order chi connectivity index (χ0) is 26.2. The monoisotopic (exact) mass is 519 g/mol. The molecule has 192 valence electrons. The molecule has 9 N–H and O–H groups in total. The van der Waals surface area contributed by atoms with Crippen LogP contribution < -0.4 is 16.4 Å². The minimum absolute atomic E-state index is 0.0118. The van der Waals surface area contributed by atoms with Crippen LogP contribution in [-0.4, -0.2) is 95.9 Å². The lowest BCUT2D eigenvalue weighted by Gasteiger charge is -2.17. The molecule has 0 spiro atoms. The molecule has 1 amide bonds. The van der Waals surface area contributed by atoms with Gasteiger partial charge in [0.2, 0.25) is 11.9 Å². The standard InChI is InChI=1S/C21H25N7O7S/c22-11(5-6-13(30)31)18(34)23-7-3-1-2-4-8-24-21-26-17-14(19(36)27-21)25-10-28(17)20-16(33)15(32)12(9-29)35-20/h10-12,15-16,20,29,32-33H,5-9,22H2,(H,23,34)(H,30,31)(H2,24,26,27,36)/t11?,12-,15+,16?,20-/m1/s1. The highest BCUT2D eigenvalue weighted by Gasteiger charge is 2.43. The van der Waals surface area contributed by atoms with E-state index in [0.717, 1.165) is 0 Å². The zero-order valence-electron chi connectivity index (χ0n) is 18.8. The number of fused-ring (bicyclic) bond motifs is 1. The van der Waals surface area contributed by atoms with Crippen molar-refractivity contribution in [1.82, 2.24) is 24.8 Å². The summed E-state index contributed by atoms with van der Waals surface area (Å²) in [6.45, 7) is -0.301. The van der Waals surface area contributed by atoms with Gasteiger partial charge in [0.25, 0.3) is 0 Å². The van der Waals surface area contributed by atoms with Crippen molar-refractivity contribution in [2.75, 3.05) is 25.0 Å². The summed E-state index contributed by atoms with van der Waals surface area (Å²) in [4.78, 5) is 33.6. The van der Waals surface area contributed by atoms with Gasteiger partial charge in [-0.25, -0.2) is 9.97 Å². The van der Waals surface area contributed by atoms with E-state index in [0.29, 0.717) is 11.2 Å². The summed E-state index contributed by atoms with van der Waals surface area (Å²) in [7, 11) is 0. The van der Waals surface area contributed by atoms with Crippen molar-refractivity contribution >= 4 is 41.2 Å². The Morgan fingerprint density at radius 3 is 2.67 bits per heavy atom. The Kier molecular flexibility index (Phi) is 9.31.